The molecule has 0 aliphatic carbocycles. The van der Waals surface area contributed by atoms with Gasteiger partial charge in [0.1, 0.15) is 17.5 Å². The molecule has 1 aromatic carbocycles. The van der Waals surface area contributed by atoms with E-state index in [1.54, 1.807) is 19.1 Å². The topological polar surface area (TPSA) is 64.7 Å². The predicted molar refractivity (Wildman–Crippen MR) is 62.7 cm³/mol. The maximum atomic E-state index is 12.8. The van der Waals surface area contributed by atoms with E-state index < -0.39 is 0 Å². The molecule has 1 heterocycles. The van der Waals surface area contributed by atoms with Crippen LogP contribution < -0.4 is 5.73 Å². The second-order valence-corrected chi connectivity index (χ2v) is 3.67. The molecule has 2 aromatic rings. The molecular weight excluding hydrogens is 219 g/mol. The van der Waals surface area contributed by atoms with Gasteiger partial charge in [0.25, 0.3) is 0 Å². The van der Waals surface area contributed by atoms with Crippen LogP contribution in [0.25, 0.3) is 11.4 Å². The molecule has 0 saturated heterocycles. The molecule has 4 nitrogen and oxygen atoms in total. The average molecular weight is 232 g/mol. The van der Waals surface area contributed by atoms with E-state index in [0.717, 1.165) is 5.56 Å². The third-order valence-corrected chi connectivity index (χ3v) is 2.26. The van der Waals surface area contributed by atoms with Crippen LogP contribution in [0.4, 0.5) is 4.39 Å². The summed E-state index contributed by atoms with van der Waals surface area (Å²) in [6.07, 6.45) is 0.609. The normalized spacial score (nSPS) is 10.5. The number of hydrogen-bond acceptors (Lipinski definition) is 4. The van der Waals surface area contributed by atoms with E-state index in [-0.39, 0.29) is 5.82 Å². The lowest BCUT2D eigenvalue weighted by Crippen LogP contribution is -2.09. The number of hydrogen-bond donors (Lipinski definition) is 1. The summed E-state index contributed by atoms with van der Waals surface area (Å²) in [6, 6.07) is 6.07. The van der Waals surface area contributed by atoms with Crippen molar-refractivity contribution in [3.8, 4) is 11.4 Å². The van der Waals surface area contributed by atoms with Crippen LogP contribution in [0.1, 0.15) is 11.6 Å². The van der Waals surface area contributed by atoms with Crippen LogP contribution in [0.15, 0.2) is 24.3 Å². The number of halogens is 1. The predicted octanol–water partition coefficient (Wildman–Crippen LogP) is 1.49. The van der Waals surface area contributed by atoms with Gasteiger partial charge in [-0.15, -0.1) is 0 Å². The fourth-order valence-electron chi connectivity index (χ4n) is 1.51. The maximum Gasteiger partial charge on any atom is 0.163 e. The molecule has 0 fully saturated rings. The van der Waals surface area contributed by atoms with Crippen molar-refractivity contribution in [3.05, 3.63) is 41.7 Å². The van der Waals surface area contributed by atoms with Crippen molar-refractivity contribution < 1.29 is 4.39 Å². The van der Waals surface area contributed by atoms with Crippen LogP contribution in [0.2, 0.25) is 0 Å². The number of benzene rings is 1. The van der Waals surface area contributed by atoms with Crippen LogP contribution in [0, 0.1) is 12.7 Å². The van der Waals surface area contributed by atoms with Crippen LogP contribution in [-0.2, 0) is 6.42 Å². The zero-order chi connectivity index (χ0) is 12.3. The standard InChI is InChI=1S/C12H13FN4/c1-8-15-11(6-7-14)17-12(16-8)9-2-4-10(13)5-3-9/h2-5H,6-7,14H2,1H3. The fourth-order valence-corrected chi connectivity index (χ4v) is 1.51. The van der Waals surface area contributed by atoms with Crippen molar-refractivity contribution in [1.82, 2.24) is 15.0 Å². The second kappa shape index (κ2) is 4.97. The van der Waals surface area contributed by atoms with Crippen LogP contribution >= 0.6 is 0 Å². The fraction of sp³-hybridized carbons (Fsp3) is 0.250. The number of rotatable bonds is 3. The van der Waals surface area contributed by atoms with Gasteiger partial charge in [0, 0.05) is 12.0 Å². The van der Waals surface area contributed by atoms with Gasteiger partial charge in [0.2, 0.25) is 0 Å². The highest BCUT2D eigenvalue weighted by molar-refractivity contribution is 5.54. The first kappa shape index (κ1) is 11.6. The molecule has 0 amide bonds. The van der Waals surface area contributed by atoms with E-state index >= 15 is 0 Å². The Labute approximate surface area is 98.7 Å². The molecule has 0 unspecified atom stereocenters. The molecule has 0 atom stereocenters. The summed E-state index contributed by atoms with van der Waals surface area (Å²) < 4.78 is 12.8. The summed E-state index contributed by atoms with van der Waals surface area (Å²) in [6.45, 7) is 2.29. The molecule has 0 aliphatic rings. The molecule has 0 saturated carbocycles. The summed E-state index contributed by atoms with van der Waals surface area (Å²) >= 11 is 0. The maximum absolute atomic E-state index is 12.8. The Morgan fingerprint density at radius 1 is 1.12 bits per heavy atom. The van der Waals surface area contributed by atoms with Gasteiger partial charge in [-0.3, -0.25) is 0 Å². The molecule has 5 heteroatoms. The van der Waals surface area contributed by atoms with Gasteiger partial charge in [-0.25, -0.2) is 19.3 Å². The Kier molecular flexibility index (Phi) is 3.39. The zero-order valence-electron chi connectivity index (χ0n) is 9.52. The van der Waals surface area contributed by atoms with Crippen molar-refractivity contribution in [2.75, 3.05) is 6.54 Å². The van der Waals surface area contributed by atoms with E-state index in [4.69, 9.17) is 5.73 Å². The highest BCUT2D eigenvalue weighted by Crippen LogP contribution is 2.15. The number of aryl methyl sites for hydroxylation is 1. The van der Waals surface area contributed by atoms with E-state index in [9.17, 15) is 4.39 Å². The smallest absolute Gasteiger partial charge is 0.163 e. The summed E-state index contributed by atoms with van der Waals surface area (Å²) in [5.41, 5.74) is 6.24. The first-order valence-corrected chi connectivity index (χ1v) is 5.36. The van der Waals surface area contributed by atoms with Gasteiger partial charge in [-0.2, -0.15) is 0 Å². The van der Waals surface area contributed by atoms with Crippen molar-refractivity contribution >= 4 is 0 Å². The van der Waals surface area contributed by atoms with Crippen molar-refractivity contribution in [2.24, 2.45) is 5.73 Å². The Morgan fingerprint density at radius 2 is 1.82 bits per heavy atom. The summed E-state index contributed by atoms with van der Waals surface area (Å²) in [4.78, 5) is 12.7. The minimum Gasteiger partial charge on any atom is -0.330 e. The Hall–Kier alpha value is -1.88. The molecule has 1 aromatic heterocycles. The van der Waals surface area contributed by atoms with E-state index in [1.807, 2.05) is 0 Å². The number of nitrogens with zero attached hydrogens (tertiary/aromatic N) is 3. The zero-order valence-corrected chi connectivity index (χ0v) is 9.52. The van der Waals surface area contributed by atoms with Gasteiger partial charge in [0.15, 0.2) is 5.82 Å². The molecule has 0 radical (unpaired) electrons. The highest BCUT2D eigenvalue weighted by atomic mass is 19.1. The van der Waals surface area contributed by atoms with Gasteiger partial charge < -0.3 is 5.73 Å². The lowest BCUT2D eigenvalue weighted by molar-refractivity contribution is 0.628. The van der Waals surface area contributed by atoms with E-state index in [0.29, 0.717) is 30.4 Å². The van der Waals surface area contributed by atoms with Crippen molar-refractivity contribution in [3.63, 3.8) is 0 Å². The first-order chi connectivity index (χ1) is 8.19. The third kappa shape index (κ3) is 2.82. The Morgan fingerprint density at radius 3 is 2.47 bits per heavy atom. The molecule has 0 bridgehead atoms. The van der Waals surface area contributed by atoms with Crippen molar-refractivity contribution in [1.29, 1.82) is 0 Å². The van der Waals surface area contributed by atoms with Crippen LogP contribution in [-0.4, -0.2) is 21.5 Å². The lowest BCUT2D eigenvalue weighted by Gasteiger charge is -2.04. The quantitative estimate of drug-likeness (QED) is 0.870. The monoisotopic (exact) mass is 232 g/mol. The van der Waals surface area contributed by atoms with Gasteiger partial charge in [-0.05, 0) is 37.7 Å². The first-order valence-electron chi connectivity index (χ1n) is 5.36. The molecule has 88 valence electrons. The largest absolute Gasteiger partial charge is 0.330 e. The summed E-state index contributed by atoms with van der Waals surface area (Å²) in [5.74, 6) is 1.59. The summed E-state index contributed by atoms with van der Waals surface area (Å²) in [5, 5.41) is 0. The third-order valence-electron chi connectivity index (χ3n) is 2.26. The summed E-state index contributed by atoms with van der Waals surface area (Å²) in [7, 11) is 0. The van der Waals surface area contributed by atoms with Gasteiger partial charge in [0.05, 0.1) is 0 Å². The minimum absolute atomic E-state index is 0.276. The van der Waals surface area contributed by atoms with Crippen LogP contribution in [0.3, 0.4) is 0 Å². The molecule has 2 rings (SSSR count). The van der Waals surface area contributed by atoms with E-state index in [1.165, 1.54) is 12.1 Å². The van der Waals surface area contributed by atoms with E-state index in [2.05, 4.69) is 15.0 Å². The highest BCUT2D eigenvalue weighted by Gasteiger charge is 2.05. The second-order valence-electron chi connectivity index (χ2n) is 3.67. The molecule has 0 aliphatic heterocycles. The molecular formula is C12H13FN4. The number of nitrogens with two attached hydrogens (primary N) is 1. The molecule has 2 N–H and O–H groups in total. The SMILES string of the molecule is Cc1nc(CCN)nc(-c2ccc(F)cc2)n1. The molecule has 0 spiro atoms. The van der Waals surface area contributed by atoms with Crippen LogP contribution in [0.5, 0.6) is 0 Å². The lowest BCUT2D eigenvalue weighted by atomic mass is 10.2. The average Bonchev–Trinajstić information content (AvgIpc) is 2.29. The van der Waals surface area contributed by atoms with Gasteiger partial charge >= 0.3 is 0 Å². The van der Waals surface area contributed by atoms with Crippen molar-refractivity contribution in [2.45, 2.75) is 13.3 Å². The molecule has 17 heavy (non-hydrogen) atoms. The minimum atomic E-state index is -0.276. The number of aromatic nitrogens is 3. The Balaban J connectivity index is 2.40. The van der Waals surface area contributed by atoms with Gasteiger partial charge in [-0.1, -0.05) is 0 Å². The Bertz CT molecular complexity index is 510.